The van der Waals surface area contributed by atoms with Gasteiger partial charge < -0.3 is 16.0 Å². The molecule has 0 saturated carbocycles. The van der Waals surface area contributed by atoms with E-state index in [1.54, 1.807) is 24.4 Å². The van der Waals surface area contributed by atoms with Crippen LogP contribution in [0.15, 0.2) is 109 Å². The number of anilines is 5. The van der Waals surface area contributed by atoms with Gasteiger partial charge in [-0.15, -0.1) is 0 Å². The summed E-state index contributed by atoms with van der Waals surface area (Å²) in [4.78, 5) is 17.3. The Labute approximate surface area is 202 Å². The van der Waals surface area contributed by atoms with Crippen LogP contribution < -0.4 is 16.0 Å². The highest BCUT2D eigenvalue weighted by Gasteiger charge is 2.09. The number of hydrogen-bond acceptors (Lipinski definition) is 5. The van der Waals surface area contributed by atoms with E-state index in [1.165, 1.54) is 0 Å². The second-order valence-electron chi connectivity index (χ2n) is 7.94. The first-order chi connectivity index (χ1) is 17.2. The van der Waals surface area contributed by atoms with E-state index in [4.69, 9.17) is 0 Å². The Morgan fingerprint density at radius 3 is 2.26 bits per heavy atom. The van der Waals surface area contributed by atoms with Crippen LogP contribution in [0.25, 0.3) is 10.9 Å². The van der Waals surface area contributed by atoms with Gasteiger partial charge in [-0.1, -0.05) is 36.4 Å². The molecule has 0 aliphatic carbocycles. The molecule has 0 unspecified atom stereocenters. The highest BCUT2D eigenvalue weighted by atomic mass is 16.1. The third-order valence-corrected chi connectivity index (χ3v) is 5.44. The molecule has 3 N–H and O–H groups in total. The average Bonchev–Trinajstić information content (AvgIpc) is 2.89. The van der Waals surface area contributed by atoms with Crippen LogP contribution in [-0.4, -0.2) is 10.9 Å². The van der Waals surface area contributed by atoms with Crippen molar-refractivity contribution in [1.82, 2.24) is 4.98 Å². The summed E-state index contributed by atoms with van der Waals surface area (Å²) >= 11 is 0. The summed E-state index contributed by atoms with van der Waals surface area (Å²) in [5, 5.41) is 19.7. The molecule has 0 saturated heterocycles. The van der Waals surface area contributed by atoms with Crippen molar-refractivity contribution in [2.24, 2.45) is 0 Å². The molecule has 0 radical (unpaired) electrons. The average molecular weight is 456 g/mol. The number of benzene rings is 4. The quantitative estimate of drug-likeness (QED) is 0.261. The standard InChI is InChI=1S/C29H21N5O/c30-18-20-15-26-27(31-19-20)13-6-14-28(26)33-23-10-4-7-21(16-23)29(35)34-25-12-5-11-24(17-25)32-22-8-2-1-3-9-22/h1-17,19,32-33H,(H,34,35). The first kappa shape index (κ1) is 21.7. The minimum absolute atomic E-state index is 0.211. The van der Waals surface area contributed by atoms with E-state index in [0.29, 0.717) is 16.8 Å². The van der Waals surface area contributed by atoms with E-state index in [9.17, 15) is 10.1 Å². The lowest BCUT2D eigenvalue weighted by Gasteiger charge is -2.12. The summed E-state index contributed by atoms with van der Waals surface area (Å²) in [5.41, 5.74) is 5.91. The molecule has 0 spiro atoms. The largest absolute Gasteiger partial charge is 0.355 e. The number of aromatic nitrogens is 1. The van der Waals surface area contributed by atoms with Gasteiger partial charge in [-0.2, -0.15) is 5.26 Å². The van der Waals surface area contributed by atoms with Crippen molar-refractivity contribution in [3.05, 3.63) is 120 Å². The SMILES string of the molecule is N#Cc1cnc2cccc(Nc3cccc(C(=O)Nc4cccc(Nc5ccccc5)c4)c3)c2c1. The maximum atomic E-state index is 13.0. The van der Waals surface area contributed by atoms with Crippen molar-refractivity contribution in [3.8, 4) is 6.07 Å². The predicted octanol–water partition coefficient (Wildman–Crippen LogP) is 6.85. The van der Waals surface area contributed by atoms with E-state index >= 15 is 0 Å². The number of nitrogens with zero attached hydrogens (tertiary/aromatic N) is 2. The van der Waals surface area contributed by atoms with Gasteiger partial charge in [0.2, 0.25) is 0 Å². The Bertz CT molecular complexity index is 1560. The number of carbonyl (C=O) groups is 1. The molecule has 5 rings (SSSR count). The molecule has 5 aromatic rings. The highest BCUT2D eigenvalue weighted by molar-refractivity contribution is 6.05. The zero-order valence-corrected chi connectivity index (χ0v) is 18.7. The van der Waals surface area contributed by atoms with Gasteiger partial charge in [-0.05, 0) is 66.7 Å². The van der Waals surface area contributed by atoms with Gasteiger partial charge in [0, 0.05) is 45.6 Å². The number of carbonyl (C=O) groups excluding carboxylic acids is 1. The van der Waals surface area contributed by atoms with Crippen molar-refractivity contribution < 1.29 is 4.79 Å². The molecule has 35 heavy (non-hydrogen) atoms. The maximum Gasteiger partial charge on any atom is 0.255 e. The number of amides is 1. The van der Waals surface area contributed by atoms with Gasteiger partial charge in [0.05, 0.1) is 11.1 Å². The van der Waals surface area contributed by atoms with Crippen LogP contribution in [-0.2, 0) is 0 Å². The third-order valence-electron chi connectivity index (χ3n) is 5.44. The van der Waals surface area contributed by atoms with Gasteiger partial charge >= 0.3 is 0 Å². The zero-order chi connectivity index (χ0) is 24.0. The second-order valence-corrected chi connectivity index (χ2v) is 7.94. The fourth-order valence-electron chi connectivity index (χ4n) is 3.78. The Morgan fingerprint density at radius 2 is 1.43 bits per heavy atom. The van der Waals surface area contributed by atoms with Gasteiger partial charge in [0.1, 0.15) is 6.07 Å². The zero-order valence-electron chi connectivity index (χ0n) is 18.7. The van der Waals surface area contributed by atoms with E-state index in [1.807, 2.05) is 84.9 Å². The van der Waals surface area contributed by atoms with Crippen molar-refractivity contribution in [2.45, 2.75) is 0 Å². The first-order valence-electron chi connectivity index (χ1n) is 11.1. The summed E-state index contributed by atoms with van der Waals surface area (Å²) in [5.74, 6) is -0.211. The summed E-state index contributed by atoms with van der Waals surface area (Å²) in [6.45, 7) is 0. The monoisotopic (exact) mass is 455 g/mol. The van der Waals surface area contributed by atoms with E-state index in [2.05, 4.69) is 27.0 Å². The number of rotatable bonds is 6. The molecule has 0 fully saturated rings. The Kier molecular flexibility index (Phi) is 6.05. The molecule has 1 amide bonds. The minimum Gasteiger partial charge on any atom is -0.355 e. The lowest BCUT2D eigenvalue weighted by atomic mass is 10.1. The lowest BCUT2D eigenvalue weighted by molar-refractivity contribution is 0.102. The molecule has 0 atom stereocenters. The van der Waals surface area contributed by atoms with Crippen molar-refractivity contribution in [3.63, 3.8) is 0 Å². The number of hydrogen-bond donors (Lipinski definition) is 3. The number of para-hydroxylation sites is 1. The van der Waals surface area contributed by atoms with E-state index < -0.39 is 0 Å². The Hall–Kier alpha value is -5.15. The van der Waals surface area contributed by atoms with Crippen molar-refractivity contribution in [1.29, 1.82) is 5.26 Å². The molecule has 0 aliphatic rings. The molecule has 168 valence electrons. The van der Waals surface area contributed by atoms with Gasteiger partial charge in [-0.25, -0.2) is 0 Å². The Balaban J connectivity index is 1.33. The summed E-state index contributed by atoms with van der Waals surface area (Å²) < 4.78 is 0. The number of pyridine rings is 1. The highest BCUT2D eigenvalue weighted by Crippen LogP contribution is 2.27. The van der Waals surface area contributed by atoms with Crippen LogP contribution in [0.5, 0.6) is 0 Å². The Morgan fingerprint density at radius 1 is 0.714 bits per heavy atom. The number of fused-ring (bicyclic) bond motifs is 1. The smallest absolute Gasteiger partial charge is 0.255 e. The summed E-state index contributed by atoms with van der Waals surface area (Å²) in [6, 6.07) is 34.4. The summed E-state index contributed by atoms with van der Waals surface area (Å²) in [7, 11) is 0. The third kappa shape index (κ3) is 5.10. The van der Waals surface area contributed by atoms with Gasteiger partial charge in [-0.3, -0.25) is 9.78 Å². The topological polar surface area (TPSA) is 89.8 Å². The van der Waals surface area contributed by atoms with Crippen LogP contribution in [0.4, 0.5) is 28.4 Å². The second kappa shape index (κ2) is 9.77. The molecule has 4 aromatic carbocycles. The molecule has 1 heterocycles. The van der Waals surface area contributed by atoms with Crippen LogP contribution in [0.1, 0.15) is 15.9 Å². The van der Waals surface area contributed by atoms with Crippen LogP contribution in [0.2, 0.25) is 0 Å². The summed E-state index contributed by atoms with van der Waals surface area (Å²) in [6.07, 6.45) is 1.56. The normalized spacial score (nSPS) is 10.4. The van der Waals surface area contributed by atoms with Crippen molar-refractivity contribution >= 4 is 45.2 Å². The molecular weight excluding hydrogens is 434 g/mol. The molecular formula is C29H21N5O. The van der Waals surface area contributed by atoms with Crippen molar-refractivity contribution in [2.75, 3.05) is 16.0 Å². The van der Waals surface area contributed by atoms with Crippen LogP contribution >= 0.6 is 0 Å². The van der Waals surface area contributed by atoms with Crippen LogP contribution in [0.3, 0.4) is 0 Å². The molecule has 6 nitrogen and oxygen atoms in total. The number of nitriles is 1. The van der Waals surface area contributed by atoms with Crippen LogP contribution in [0, 0.1) is 11.3 Å². The predicted molar refractivity (Wildman–Crippen MR) is 140 cm³/mol. The first-order valence-corrected chi connectivity index (χ1v) is 11.1. The fourth-order valence-corrected chi connectivity index (χ4v) is 3.78. The lowest BCUT2D eigenvalue weighted by Crippen LogP contribution is -2.12. The maximum absolute atomic E-state index is 13.0. The molecule has 0 bridgehead atoms. The molecule has 6 heteroatoms. The molecule has 0 aliphatic heterocycles. The van der Waals surface area contributed by atoms with Gasteiger partial charge in [0.25, 0.3) is 5.91 Å². The molecule has 1 aromatic heterocycles. The van der Waals surface area contributed by atoms with Gasteiger partial charge in [0.15, 0.2) is 0 Å². The van der Waals surface area contributed by atoms with E-state index in [0.717, 1.165) is 33.7 Å². The number of nitrogens with one attached hydrogen (secondary N) is 3. The minimum atomic E-state index is -0.211. The van der Waals surface area contributed by atoms with E-state index in [-0.39, 0.29) is 5.91 Å². The fraction of sp³-hybridized carbons (Fsp3) is 0.